The van der Waals surface area contributed by atoms with E-state index in [1.807, 2.05) is 41.8 Å². The number of H-pyrrole nitrogens is 1. The van der Waals surface area contributed by atoms with Crippen molar-refractivity contribution in [3.63, 3.8) is 0 Å². The summed E-state index contributed by atoms with van der Waals surface area (Å²) >= 11 is 0. The third-order valence-corrected chi connectivity index (χ3v) is 4.98. The van der Waals surface area contributed by atoms with Crippen molar-refractivity contribution >= 4 is 27.8 Å². The SMILES string of the molecule is CCn1c(C(=O)OCCCn2c(=O)[nH]c3ccccc3c2=O)cc2ccccc21. The molecule has 0 radical (unpaired) electrons. The number of carbonyl (C=O) groups is 1. The third-order valence-electron chi connectivity index (χ3n) is 4.98. The molecule has 1 N–H and O–H groups in total. The summed E-state index contributed by atoms with van der Waals surface area (Å²) in [5.41, 5.74) is 1.18. The van der Waals surface area contributed by atoms with Gasteiger partial charge in [-0.15, -0.1) is 0 Å². The molecule has 7 nitrogen and oxygen atoms in total. The summed E-state index contributed by atoms with van der Waals surface area (Å²) < 4.78 is 8.45. The van der Waals surface area contributed by atoms with Crippen LogP contribution in [0.25, 0.3) is 21.8 Å². The lowest BCUT2D eigenvalue weighted by Gasteiger charge is -2.09. The molecular weight excluding hydrogens is 370 g/mol. The number of para-hydroxylation sites is 2. The molecule has 0 spiro atoms. The van der Waals surface area contributed by atoms with Gasteiger partial charge in [0.25, 0.3) is 5.56 Å². The zero-order chi connectivity index (χ0) is 20.4. The maximum Gasteiger partial charge on any atom is 0.354 e. The molecule has 0 saturated heterocycles. The molecule has 2 heterocycles. The number of nitrogens with one attached hydrogen (secondary N) is 1. The minimum absolute atomic E-state index is 0.114. The highest BCUT2D eigenvalue weighted by molar-refractivity contribution is 5.95. The lowest BCUT2D eigenvalue weighted by Crippen LogP contribution is -2.35. The van der Waals surface area contributed by atoms with E-state index in [1.165, 1.54) is 0 Å². The van der Waals surface area contributed by atoms with E-state index in [2.05, 4.69) is 4.98 Å². The standard InChI is InChI=1S/C22H21N3O4/c1-2-24-18-11-6-3-8-15(18)14-19(24)21(27)29-13-7-12-25-20(26)16-9-4-5-10-17(16)23-22(25)28/h3-6,8-11,14H,2,7,12-13H2,1H3,(H,23,28). The first kappa shape index (κ1) is 18.7. The van der Waals surface area contributed by atoms with E-state index in [0.717, 1.165) is 15.5 Å². The number of aromatic nitrogens is 3. The lowest BCUT2D eigenvalue weighted by molar-refractivity contribution is 0.0483. The quantitative estimate of drug-likeness (QED) is 0.404. The Hall–Kier alpha value is -3.61. The minimum atomic E-state index is -0.467. The summed E-state index contributed by atoms with van der Waals surface area (Å²) in [5, 5.41) is 1.44. The van der Waals surface area contributed by atoms with E-state index in [-0.39, 0.29) is 18.7 Å². The lowest BCUT2D eigenvalue weighted by atomic mass is 10.2. The first-order valence-corrected chi connectivity index (χ1v) is 9.57. The summed E-state index contributed by atoms with van der Waals surface area (Å²) in [5.74, 6) is -0.414. The van der Waals surface area contributed by atoms with Gasteiger partial charge in [-0.25, -0.2) is 9.59 Å². The van der Waals surface area contributed by atoms with Gasteiger partial charge in [-0.1, -0.05) is 30.3 Å². The fourth-order valence-corrected chi connectivity index (χ4v) is 3.58. The fourth-order valence-electron chi connectivity index (χ4n) is 3.58. The fraction of sp³-hybridized carbons (Fsp3) is 0.227. The monoisotopic (exact) mass is 391 g/mol. The molecule has 4 aromatic rings. The van der Waals surface area contributed by atoms with E-state index >= 15 is 0 Å². The highest BCUT2D eigenvalue weighted by atomic mass is 16.5. The number of hydrogen-bond donors (Lipinski definition) is 1. The van der Waals surface area contributed by atoms with E-state index in [0.29, 0.717) is 29.6 Å². The van der Waals surface area contributed by atoms with Crippen LogP contribution in [0, 0.1) is 0 Å². The summed E-state index contributed by atoms with van der Waals surface area (Å²) in [6.45, 7) is 2.91. The van der Waals surface area contributed by atoms with Gasteiger partial charge in [0.15, 0.2) is 0 Å². The third kappa shape index (κ3) is 3.47. The number of ether oxygens (including phenoxy) is 1. The highest BCUT2D eigenvalue weighted by Crippen LogP contribution is 2.20. The molecule has 0 saturated carbocycles. The van der Waals surface area contributed by atoms with Gasteiger partial charge in [-0.05, 0) is 37.6 Å². The van der Waals surface area contributed by atoms with Crippen molar-refractivity contribution in [2.24, 2.45) is 0 Å². The van der Waals surface area contributed by atoms with Crippen LogP contribution in [0.2, 0.25) is 0 Å². The molecule has 4 rings (SSSR count). The van der Waals surface area contributed by atoms with Crippen molar-refractivity contribution in [1.29, 1.82) is 0 Å². The summed E-state index contributed by atoms with van der Waals surface area (Å²) in [7, 11) is 0. The van der Waals surface area contributed by atoms with Crippen LogP contribution in [0.15, 0.2) is 64.2 Å². The number of esters is 1. The Labute approximate surface area is 166 Å². The Balaban J connectivity index is 1.45. The van der Waals surface area contributed by atoms with Gasteiger partial charge in [-0.3, -0.25) is 9.36 Å². The predicted molar refractivity (Wildman–Crippen MR) is 111 cm³/mol. The largest absolute Gasteiger partial charge is 0.461 e. The minimum Gasteiger partial charge on any atom is -0.461 e. The maximum absolute atomic E-state index is 12.5. The normalized spacial score (nSPS) is 11.2. The van der Waals surface area contributed by atoms with Crippen LogP contribution in [-0.4, -0.2) is 26.7 Å². The van der Waals surface area contributed by atoms with Gasteiger partial charge in [0.2, 0.25) is 0 Å². The Morgan fingerprint density at radius 2 is 1.79 bits per heavy atom. The second-order valence-corrected chi connectivity index (χ2v) is 6.75. The van der Waals surface area contributed by atoms with Gasteiger partial charge in [-0.2, -0.15) is 0 Å². The number of carbonyl (C=O) groups excluding carboxylic acids is 1. The second kappa shape index (κ2) is 7.79. The number of aromatic amines is 1. The molecular formula is C22H21N3O4. The Morgan fingerprint density at radius 3 is 2.62 bits per heavy atom. The van der Waals surface area contributed by atoms with E-state index in [1.54, 1.807) is 24.3 Å². The smallest absolute Gasteiger partial charge is 0.354 e. The highest BCUT2D eigenvalue weighted by Gasteiger charge is 2.16. The molecule has 0 unspecified atom stereocenters. The van der Waals surface area contributed by atoms with Crippen molar-refractivity contribution in [3.05, 3.63) is 81.1 Å². The van der Waals surface area contributed by atoms with Gasteiger partial charge in [0.1, 0.15) is 5.69 Å². The molecule has 7 heteroatoms. The van der Waals surface area contributed by atoms with Crippen molar-refractivity contribution in [1.82, 2.24) is 14.1 Å². The van der Waals surface area contributed by atoms with Gasteiger partial charge >= 0.3 is 11.7 Å². The maximum atomic E-state index is 12.5. The van der Waals surface area contributed by atoms with Gasteiger partial charge in [0, 0.05) is 24.0 Å². The van der Waals surface area contributed by atoms with Crippen LogP contribution < -0.4 is 11.2 Å². The van der Waals surface area contributed by atoms with Crippen molar-refractivity contribution in [3.8, 4) is 0 Å². The number of rotatable bonds is 6. The summed E-state index contributed by atoms with van der Waals surface area (Å²) in [6, 6.07) is 16.5. The van der Waals surface area contributed by atoms with Crippen LogP contribution in [0.1, 0.15) is 23.8 Å². The first-order valence-electron chi connectivity index (χ1n) is 9.57. The molecule has 29 heavy (non-hydrogen) atoms. The number of nitrogens with zero attached hydrogens (tertiary/aromatic N) is 2. The molecule has 0 aliphatic heterocycles. The molecule has 2 aromatic carbocycles. The average molecular weight is 391 g/mol. The Kier molecular flexibility index (Phi) is 5.03. The van der Waals surface area contributed by atoms with Gasteiger partial charge < -0.3 is 14.3 Å². The first-order chi connectivity index (χ1) is 14.1. The van der Waals surface area contributed by atoms with E-state index < -0.39 is 11.7 Å². The molecule has 0 fully saturated rings. The number of hydrogen-bond acceptors (Lipinski definition) is 4. The molecule has 2 aromatic heterocycles. The van der Waals surface area contributed by atoms with Crippen molar-refractivity contribution < 1.29 is 9.53 Å². The topological polar surface area (TPSA) is 86.1 Å². The molecule has 148 valence electrons. The van der Waals surface area contributed by atoms with Crippen LogP contribution >= 0.6 is 0 Å². The van der Waals surface area contributed by atoms with Crippen LogP contribution in [0.3, 0.4) is 0 Å². The van der Waals surface area contributed by atoms with E-state index in [9.17, 15) is 14.4 Å². The molecule has 0 aliphatic rings. The van der Waals surface area contributed by atoms with Crippen LogP contribution in [-0.2, 0) is 17.8 Å². The average Bonchev–Trinajstić information content (AvgIpc) is 3.11. The second-order valence-electron chi connectivity index (χ2n) is 6.75. The van der Waals surface area contributed by atoms with Crippen molar-refractivity contribution in [2.75, 3.05) is 6.61 Å². The predicted octanol–water partition coefficient (Wildman–Crippen LogP) is 2.91. The zero-order valence-electron chi connectivity index (χ0n) is 16.1. The number of aryl methyl sites for hydroxylation is 1. The van der Waals surface area contributed by atoms with Gasteiger partial charge in [0.05, 0.1) is 17.5 Å². The summed E-state index contributed by atoms with van der Waals surface area (Å²) in [4.78, 5) is 39.9. The molecule has 0 bridgehead atoms. The molecule has 0 atom stereocenters. The van der Waals surface area contributed by atoms with Crippen LogP contribution in [0.4, 0.5) is 0 Å². The Bertz CT molecular complexity index is 1310. The zero-order valence-corrected chi connectivity index (χ0v) is 16.1. The molecule has 0 amide bonds. The number of benzene rings is 2. The Morgan fingerprint density at radius 1 is 1.03 bits per heavy atom. The van der Waals surface area contributed by atoms with Crippen LogP contribution in [0.5, 0.6) is 0 Å². The molecule has 0 aliphatic carbocycles. The summed E-state index contributed by atoms with van der Waals surface area (Å²) in [6.07, 6.45) is 0.361. The van der Waals surface area contributed by atoms with E-state index in [4.69, 9.17) is 4.74 Å². The number of fused-ring (bicyclic) bond motifs is 2. The van der Waals surface area contributed by atoms with Crippen molar-refractivity contribution in [2.45, 2.75) is 26.4 Å².